The number of nitrogens with one attached hydrogen (secondary N) is 2. The standard InChI is InChI=1S/C9H16FN5O2/c1-17-6-2-3-15(4-5(6)10)8(16)7-12-9(11)14-13-7/h5-7,13H,2-4H2,1H3,(H3,11,12,14)/t5-,6+,7?/m1/s1. The maximum Gasteiger partial charge on any atom is 0.264 e. The van der Waals surface area contributed by atoms with Gasteiger partial charge < -0.3 is 15.4 Å². The van der Waals surface area contributed by atoms with Crippen molar-refractivity contribution in [1.29, 1.82) is 0 Å². The second-order valence-corrected chi connectivity index (χ2v) is 4.05. The molecule has 0 aromatic carbocycles. The van der Waals surface area contributed by atoms with E-state index in [0.717, 1.165) is 0 Å². The molecule has 3 atom stereocenters. The molecule has 0 aromatic rings. The Morgan fingerprint density at radius 1 is 1.71 bits per heavy atom. The molecule has 17 heavy (non-hydrogen) atoms. The van der Waals surface area contributed by atoms with Crippen LogP contribution < -0.4 is 16.6 Å². The van der Waals surface area contributed by atoms with Gasteiger partial charge in [0.25, 0.3) is 5.91 Å². The molecule has 2 heterocycles. The second-order valence-electron chi connectivity index (χ2n) is 4.05. The number of aliphatic imine (C=N–C) groups is 1. The molecule has 0 radical (unpaired) electrons. The number of halogens is 1. The molecule has 2 aliphatic rings. The minimum atomic E-state index is -1.16. The third-order valence-corrected chi connectivity index (χ3v) is 2.94. The molecular weight excluding hydrogens is 229 g/mol. The lowest BCUT2D eigenvalue weighted by Gasteiger charge is -2.34. The Morgan fingerprint density at radius 3 is 3.00 bits per heavy atom. The van der Waals surface area contributed by atoms with Gasteiger partial charge in [-0.3, -0.25) is 10.2 Å². The summed E-state index contributed by atoms with van der Waals surface area (Å²) in [5, 5.41) is 0. The molecule has 0 spiro atoms. The minimum absolute atomic E-state index is 0.0327. The van der Waals surface area contributed by atoms with Gasteiger partial charge in [-0.05, 0) is 6.42 Å². The number of guanidine groups is 1. The van der Waals surface area contributed by atoms with Crippen molar-refractivity contribution in [2.24, 2.45) is 10.7 Å². The Labute approximate surface area is 98.2 Å². The van der Waals surface area contributed by atoms with Gasteiger partial charge in [-0.15, -0.1) is 0 Å². The summed E-state index contributed by atoms with van der Waals surface area (Å²) in [5.74, 6) is -0.123. The Balaban J connectivity index is 1.93. The van der Waals surface area contributed by atoms with E-state index < -0.39 is 18.4 Å². The van der Waals surface area contributed by atoms with Crippen molar-refractivity contribution in [3.63, 3.8) is 0 Å². The number of carbonyl (C=O) groups is 1. The van der Waals surface area contributed by atoms with Crippen LogP contribution in [0.25, 0.3) is 0 Å². The van der Waals surface area contributed by atoms with Gasteiger partial charge in [0.05, 0.1) is 12.6 Å². The molecule has 0 aromatic heterocycles. The monoisotopic (exact) mass is 245 g/mol. The molecule has 0 saturated carbocycles. The number of rotatable bonds is 2. The predicted molar refractivity (Wildman–Crippen MR) is 58.6 cm³/mol. The molecular formula is C9H16FN5O2. The normalized spacial score (nSPS) is 33.2. The Bertz CT molecular complexity index is 337. The average molecular weight is 245 g/mol. The van der Waals surface area contributed by atoms with Crippen LogP contribution in [0.15, 0.2) is 4.99 Å². The zero-order chi connectivity index (χ0) is 12.4. The Morgan fingerprint density at radius 2 is 2.47 bits per heavy atom. The van der Waals surface area contributed by atoms with Crippen molar-refractivity contribution in [2.45, 2.75) is 24.9 Å². The molecule has 7 nitrogen and oxygen atoms in total. The van der Waals surface area contributed by atoms with Gasteiger partial charge in [0.2, 0.25) is 5.96 Å². The van der Waals surface area contributed by atoms with E-state index >= 15 is 0 Å². The first kappa shape index (κ1) is 12.1. The predicted octanol–water partition coefficient (Wildman–Crippen LogP) is -1.68. The van der Waals surface area contributed by atoms with Crippen molar-refractivity contribution >= 4 is 11.9 Å². The number of likely N-dealkylation sites (tertiary alicyclic amines) is 1. The molecule has 2 rings (SSSR count). The van der Waals surface area contributed by atoms with E-state index in [1.54, 1.807) is 0 Å². The van der Waals surface area contributed by atoms with Gasteiger partial charge in [-0.25, -0.2) is 14.8 Å². The minimum Gasteiger partial charge on any atom is -0.378 e. The number of alkyl halides is 1. The highest BCUT2D eigenvalue weighted by Gasteiger charge is 2.35. The fourth-order valence-electron chi connectivity index (χ4n) is 1.98. The van der Waals surface area contributed by atoms with Crippen molar-refractivity contribution < 1.29 is 13.9 Å². The topological polar surface area (TPSA) is 92.0 Å². The van der Waals surface area contributed by atoms with Gasteiger partial charge in [-0.2, -0.15) is 0 Å². The van der Waals surface area contributed by atoms with E-state index in [1.165, 1.54) is 12.0 Å². The van der Waals surface area contributed by atoms with Crippen LogP contribution in [0.5, 0.6) is 0 Å². The van der Waals surface area contributed by atoms with Crippen LogP contribution in [-0.4, -0.2) is 55.4 Å². The van der Waals surface area contributed by atoms with E-state index in [0.29, 0.717) is 13.0 Å². The third-order valence-electron chi connectivity index (χ3n) is 2.94. The lowest BCUT2D eigenvalue weighted by molar-refractivity contribution is -0.138. The number of nitrogens with zero attached hydrogens (tertiary/aromatic N) is 2. The molecule has 1 unspecified atom stereocenters. The second kappa shape index (κ2) is 4.84. The highest BCUT2D eigenvalue weighted by atomic mass is 19.1. The fraction of sp³-hybridized carbons (Fsp3) is 0.778. The number of ether oxygens (including phenoxy) is 1. The molecule has 0 bridgehead atoms. The smallest absolute Gasteiger partial charge is 0.264 e. The van der Waals surface area contributed by atoms with Gasteiger partial charge in [0.15, 0.2) is 6.17 Å². The highest BCUT2D eigenvalue weighted by molar-refractivity contribution is 5.88. The summed E-state index contributed by atoms with van der Waals surface area (Å²) in [5.41, 5.74) is 10.5. The van der Waals surface area contributed by atoms with Crippen molar-refractivity contribution in [3.8, 4) is 0 Å². The van der Waals surface area contributed by atoms with Gasteiger partial charge >= 0.3 is 0 Å². The van der Waals surface area contributed by atoms with Crippen molar-refractivity contribution in [2.75, 3.05) is 20.2 Å². The average Bonchev–Trinajstić information content (AvgIpc) is 2.75. The first-order valence-corrected chi connectivity index (χ1v) is 5.42. The van der Waals surface area contributed by atoms with Crippen LogP contribution in [0, 0.1) is 0 Å². The third kappa shape index (κ3) is 2.47. The zero-order valence-electron chi connectivity index (χ0n) is 9.52. The maximum atomic E-state index is 13.6. The molecule has 96 valence electrons. The lowest BCUT2D eigenvalue weighted by Crippen LogP contribution is -2.53. The van der Waals surface area contributed by atoms with E-state index in [-0.39, 0.29) is 18.4 Å². The van der Waals surface area contributed by atoms with E-state index in [4.69, 9.17) is 10.5 Å². The summed E-state index contributed by atoms with van der Waals surface area (Å²) in [4.78, 5) is 17.2. The molecule has 1 amide bonds. The van der Waals surface area contributed by atoms with Crippen LogP contribution in [0.1, 0.15) is 6.42 Å². The number of nitrogens with two attached hydrogens (primary N) is 1. The summed E-state index contributed by atoms with van der Waals surface area (Å²) in [6.07, 6.45) is -1.86. The van der Waals surface area contributed by atoms with Gasteiger partial charge in [-0.1, -0.05) is 0 Å². The van der Waals surface area contributed by atoms with E-state index in [1.807, 2.05) is 0 Å². The number of hydrazine groups is 1. The number of carbonyl (C=O) groups excluding carboxylic acids is 1. The number of amides is 1. The number of hydrogen-bond acceptors (Lipinski definition) is 6. The van der Waals surface area contributed by atoms with Crippen LogP contribution in [0.2, 0.25) is 0 Å². The zero-order valence-corrected chi connectivity index (χ0v) is 9.52. The molecule has 4 N–H and O–H groups in total. The fourth-order valence-corrected chi connectivity index (χ4v) is 1.98. The Kier molecular flexibility index (Phi) is 3.43. The summed E-state index contributed by atoms with van der Waals surface area (Å²) in [6.45, 7) is 0.496. The van der Waals surface area contributed by atoms with Gasteiger partial charge in [0, 0.05) is 13.7 Å². The number of hydrogen-bond donors (Lipinski definition) is 3. The maximum absolute atomic E-state index is 13.6. The molecule has 1 fully saturated rings. The van der Waals surface area contributed by atoms with Crippen LogP contribution in [-0.2, 0) is 9.53 Å². The van der Waals surface area contributed by atoms with Crippen molar-refractivity contribution in [1.82, 2.24) is 15.8 Å². The number of methoxy groups -OCH3 is 1. The van der Waals surface area contributed by atoms with E-state index in [9.17, 15) is 9.18 Å². The largest absolute Gasteiger partial charge is 0.378 e. The highest BCUT2D eigenvalue weighted by Crippen LogP contribution is 2.17. The summed E-state index contributed by atoms with van der Waals surface area (Å²) >= 11 is 0. The number of piperidine rings is 1. The first-order valence-electron chi connectivity index (χ1n) is 5.42. The lowest BCUT2D eigenvalue weighted by atomic mass is 10.1. The summed E-state index contributed by atoms with van der Waals surface area (Å²) in [7, 11) is 1.47. The van der Waals surface area contributed by atoms with Crippen LogP contribution in [0.3, 0.4) is 0 Å². The molecule has 1 saturated heterocycles. The van der Waals surface area contributed by atoms with E-state index in [2.05, 4.69) is 15.8 Å². The summed E-state index contributed by atoms with van der Waals surface area (Å²) in [6, 6.07) is 0. The van der Waals surface area contributed by atoms with Crippen LogP contribution >= 0.6 is 0 Å². The van der Waals surface area contributed by atoms with Crippen LogP contribution in [0.4, 0.5) is 4.39 Å². The first-order chi connectivity index (χ1) is 8.11. The summed E-state index contributed by atoms with van der Waals surface area (Å²) < 4.78 is 18.6. The molecule has 0 aliphatic carbocycles. The van der Waals surface area contributed by atoms with Crippen molar-refractivity contribution in [3.05, 3.63) is 0 Å². The SMILES string of the molecule is CO[C@H]1CCN(C(=O)C2N=C(N)NN2)C[C@H]1F. The molecule has 2 aliphatic heterocycles. The quantitative estimate of drug-likeness (QED) is 0.540. The Hall–Kier alpha value is -1.41. The molecule has 8 heteroatoms. The van der Waals surface area contributed by atoms with Gasteiger partial charge in [0.1, 0.15) is 6.17 Å².